The number of carbonyl (C=O) groups is 1. The highest BCUT2D eigenvalue weighted by molar-refractivity contribution is 6.17. The average molecular weight is 282 g/mol. The number of hydrogen-bond donors (Lipinski definition) is 1. The highest BCUT2D eigenvalue weighted by atomic mass is 35.5. The van der Waals surface area contributed by atoms with E-state index in [1.807, 2.05) is 18.2 Å². The molecule has 0 atom stereocenters. The quantitative estimate of drug-likeness (QED) is 0.502. The molecule has 0 saturated heterocycles. The minimum Gasteiger partial charge on any atom is -0.494 e. The van der Waals surface area contributed by atoms with Gasteiger partial charge in [-0.25, -0.2) is 4.79 Å². The Labute approximate surface area is 116 Å². The van der Waals surface area contributed by atoms with Crippen LogP contribution < -0.4 is 4.74 Å². The summed E-state index contributed by atoms with van der Waals surface area (Å²) in [5.74, 6) is 1.01. The maximum absolute atomic E-state index is 11.6. The number of esters is 1. The average Bonchev–Trinajstić information content (AvgIpc) is 2.82. The zero-order chi connectivity index (χ0) is 13.7. The van der Waals surface area contributed by atoms with Crippen molar-refractivity contribution < 1.29 is 14.3 Å². The number of nitrogens with one attached hydrogen (secondary N) is 1. The predicted octanol–water partition coefficient (Wildman–Crippen LogP) is 3.35. The standard InChI is InChI=1S/C14H16ClNO3/c1-2-18-14(17)13-9-10-8-11(19-7-3-6-15)4-5-12(10)16-13/h4-5,8-9,16H,2-3,6-7H2,1H3. The van der Waals surface area contributed by atoms with Crippen molar-refractivity contribution in [2.75, 3.05) is 19.1 Å². The molecule has 0 bridgehead atoms. The summed E-state index contributed by atoms with van der Waals surface area (Å²) in [7, 11) is 0. The number of carbonyl (C=O) groups excluding carboxylic acids is 1. The van der Waals surface area contributed by atoms with Gasteiger partial charge in [0.1, 0.15) is 11.4 Å². The number of alkyl halides is 1. The van der Waals surface area contributed by atoms with Crippen LogP contribution >= 0.6 is 11.6 Å². The topological polar surface area (TPSA) is 51.3 Å². The van der Waals surface area contributed by atoms with Crippen molar-refractivity contribution in [3.8, 4) is 5.75 Å². The Morgan fingerprint density at radius 2 is 2.21 bits per heavy atom. The van der Waals surface area contributed by atoms with Gasteiger partial charge < -0.3 is 14.5 Å². The SMILES string of the molecule is CCOC(=O)c1cc2cc(OCCCCl)ccc2[nH]1. The Hall–Kier alpha value is -1.68. The lowest BCUT2D eigenvalue weighted by molar-refractivity contribution is 0.0520. The molecule has 1 aromatic carbocycles. The molecule has 1 aromatic heterocycles. The van der Waals surface area contributed by atoms with Gasteiger partial charge in [0.15, 0.2) is 0 Å². The smallest absolute Gasteiger partial charge is 0.354 e. The van der Waals surface area contributed by atoms with Gasteiger partial charge in [-0.3, -0.25) is 0 Å². The van der Waals surface area contributed by atoms with Gasteiger partial charge in [0.05, 0.1) is 13.2 Å². The van der Waals surface area contributed by atoms with Crippen LogP contribution in [0.5, 0.6) is 5.75 Å². The molecule has 0 radical (unpaired) electrons. The maximum Gasteiger partial charge on any atom is 0.354 e. The first-order chi connectivity index (χ1) is 9.24. The first kappa shape index (κ1) is 13.7. The first-order valence-electron chi connectivity index (χ1n) is 6.23. The van der Waals surface area contributed by atoms with Crippen molar-refractivity contribution in [1.82, 2.24) is 4.98 Å². The van der Waals surface area contributed by atoms with Crippen LogP contribution in [-0.4, -0.2) is 30.0 Å². The van der Waals surface area contributed by atoms with Crippen molar-refractivity contribution in [3.63, 3.8) is 0 Å². The zero-order valence-electron chi connectivity index (χ0n) is 10.7. The third kappa shape index (κ3) is 3.41. The molecule has 1 heterocycles. The molecule has 0 spiro atoms. The van der Waals surface area contributed by atoms with E-state index in [0.717, 1.165) is 23.1 Å². The molecule has 0 aliphatic carbocycles. The second-order valence-electron chi connectivity index (χ2n) is 4.04. The zero-order valence-corrected chi connectivity index (χ0v) is 11.5. The van der Waals surface area contributed by atoms with Crippen LogP contribution in [-0.2, 0) is 4.74 Å². The van der Waals surface area contributed by atoms with Crippen LogP contribution in [0.15, 0.2) is 24.3 Å². The summed E-state index contributed by atoms with van der Waals surface area (Å²) in [5.41, 5.74) is 1.34. The lowest BCUT2D eigenvalue weighted by Crippen LogP contribution is -2.04. The Morgan fingerprint density at radius 3 is 2.95 bits per heavy atom. The summed E-state index contributed by atoms with van der Waals surface area (Å²) in [6.45, 7) is 2.73. The number of halogens is 1. The molecule has 19 heavy (non-hydrogen) atoms. The Kier molecular flexibility index (Phi) is 4.68. The molecule has 5 heteroatoms. The number of aromatic nitrogens is 1. The largest absolute Gasteiger partial charge is 0.494 e. The molecule has 102 valence electrons. The van der Waals surface area contributed by atoms with Crippen LogP contribution in [0, 0.1) is 0 Å². The molecule has 0 aliphatic heterocycles. The molecule has 0 amide bonds. The van der Waals surface area contributed by atoms with Gasteiger partial charge in [0, 0.05) is 16.8 Å². The van der Waals surface area contributed by atoms with Crippen molar-refractivity contribution in [3.05, 3.63) is 30.0 Å². The van der Waals surface area contributed by atoms with Gasteiger partial charge in [0.2, 0.25) is 0 Å². The number of hydrogen-bond acceptors (Lipinski definition) is 3. The summed E-state index contributed by atoms with van der Waals surface area (Å²) < 4.78 is 10.5. The normalized spacial score (nSPS) is 10.6. The Bertz CT molecular complexity index is 565. The maximum atomic E-state index is 11.6. The van der Waals surface area contributed by atoms with Gasteiger partial charge in [-0.15, -0.1) is 11.6 Å². The van der Waals surface area contributed by atoms with Crippen LogP contribution in [0.1, 0.15) is 23.8 Å². The molecule has 1 N–H and O–H groups in total. The molecular formula is C14H16ClNO3. The second kappa shape index (κ2) is 6.48. The van der Waals surface area contributed by atoms with Crippen molar-refractivity contribution in [1.29, 1.82) is 0 Å². The highest BCUT2D eigenvalue weighted by Gasteiger charge is 2.10. The lowest BCUT2D eigenvalue weighted by Gasteiger charge is -2.04. The van der Waals surface area contributed by atoms with E-state index < -0.39 is 0 Å². The number of benzene rings is 1. The van der Waals surface area contributed by atoms with Crippen LogP contribution in [0.25, 0.3) is 10.9 Å². The monoisotopic (exact) mass is 281 g/mol. The van der Waals surface area contributed by atoms with Gasteiger partial charge in [-0.1, -0.05) is 0 Å². The third-order valence-corrected chi connectivity index (χ3v) is 2.90. The van der Waals surface area contributed by atoms with E-state index in [0.29, 0.717) is 24.8 Å². The van der Waals surface area contributed by atoms with Gasteiger partial charge in [-0.2, -0.15) is 0 Å². The van der Waals surface area contributed by atoms with E-state index in [-0.39, 0.29) is 5.97 Å². The fraction of sp³-hybridized carbons (Fsp3) is 0.357. The van der Waals surface area contributed by atoms with Gasteiger partial charge in [0.25, 0.3) is 0 Å². The fourth-order valence-corrected chi connectivity index (χ4v) is 1.87. The van der Waals surface area contributed by atoms with Crippen LogP contribution in [0.2, 0.25) is 0 Å². The lowest BCUT2D eigenvalue weighted by atomic mass is 10.2. The van der Waals surface area contributed by atoms with Gasteiger partial charge >= 0.3 is 5.97 Å². The van der Waals surface area contributed by atoms with E-state index in [2.05, 4.69) is 4.98 Å². The molecule has 4 nitrogen and oxygen atoms in total. The number of aromatic amines is 1. The second-order valence-corrected chi connectivity index (χ2v) is 4.42. The predicted molar refractivity (Wildman–Crippen MR) is 75.1 cm³/mol. The van der Waals surface area contributed by atoms with E-state index in [1.54, 1.807) is 13.0 Å². The van der Waals surface area contributed by atoms with E-state index in [4.69, 9.17) is 21.1 Å². The van der Waals surface area contributed by atoms with Crippen LogP contribution in [0.4, 0.5) is 0 Å². The number of ether oxygens (including phenoxy) is 2. The summed E-state index contributed by atoms with van der Waals surface area (Å²) in [5, 5.41) is 0.923. The van der Waals surface area contributed by atoms with Crippen molar-refractivity contribution >= 4 is 28.5 Å². The Balaban J connectivity index is 2.16. The minimum atomic E-state index is -0.344. The van der Waals surface area contributed by atoms with Crippen molar-refractivity contribution in [2.24, 2.45) is 0 Å². The number of H-pyrrole nitrogens is 1. The van der Waals surface area contributed by atoms with Crippen LogP contribution in [0.3, 0.4) is 0 Å². The number of rotatable bonds is 6. The van der Waals surface area contributed by atoms with Crippen molar-refractivity contribution in [2.45, 2.75) is 13.3 Å². The molecule has 2 aromatic rings. The summed E-state index contributed by atoms with van der Waals surface area (Å²) in [4.78, 5) is 14.6. The molecule has 0 saturated carbocycles. The molecule has 0 unspecified atom stereocenters. The Morgan fingerprint density at radius 1 is 1.37 bits per heavy atom. The molecule has 2 rings (SSSR count). The summed E-state index contributed by atoms with van der Waals surface area (Å²) >= 11 is 5.59. The molecule has 0 aliphatic rings. The first-order valence-corrected chi connectivity index (χ1v) is 6.76. The fourth-order valence-electron chi connectivity index (χ4n) is 1.76. The molecular weight excluding hydrogens is 266 g/mol. The van der Waals surface area contributed by atoms with E-state index in [1.165, 1.54) is 0 Å². The summed E-state index contributed by atoms with van der Waals surface area (Å²) in [6, 6.07) is 7.40. The number of fused-ring (bicyclic) bond motifs is 1. The van der Waals surface area contributed by atoms with E-state index >= 15 is 0 Å². The van der Waals surface area contributed by atoms with E-state index in [9.17, 15) is 4.79 Å². The van der Waals surface area contributed by atoms with Gasteiger partial charge in [-0.05, 0) is 37.6 Å². The minimum absolute atomic E-state index is 0.344. The third-order valence-electron chi connectivity index (χ3n) is 2.63. The highest BCUT2D eigenvalue weighted by Crippen LogP contribution is 2.22. The molecule has 0 fully saturated rings. The summed E-state index contributed by atoms with van der Waals surface area (Å²) in [6.07, 6.45) is 0.806.